The second kappa shape index (κ2) is 9.01. The molecule has 0 fully saturated rings. The highest BCUT2D eigenvalue weighted by atomic mass is 16.6. The quantitative estimate of drug-likeness (QED) is 0.262. The predicted molar refractivity (Wildman–Crippen MR) is 65.0 cm³/mol. The number of unbranched alkanes of at least 4 members (excludes halogenated alkanes) is 2. The first-order chi connectivity index (χ1) is 7.57. The maximum Gasteiger partial charge on any atom is 0.333 e. The van der Waals surface area contributed by atoms with Gasteiger partial charge in [0, 0.05) is 12.0 Å². The van der Waals surface area contributed by atoms with Gasteiger partial charge in [-0.15, -0.1) is 0 Å². The van der Waals surface area contributed by atoms with Crippen LogP contribution in [0.4, 0.5) is 0 Å². The molecule has 0 aromatic carbocycles. The Morgan fingerprint density at radius 3 is 2.31 bits per heavy atom. The van der Waals surface area contributed by atoms with Gasteiger partial charge in [0.05, 0.1) is 5.76 Å². The number of allylic oxidation sites excluding steroid dienone is 1. The predicted octanol–water partition coefficient (Wildman–Crippen LogP) is 3.22. The van der Waals surface area contributed by atoms with Gasteiger partial charge in [0.15, 0.2) is 0 Å². The molecular weight excluding hydrogens is 204 g/mol. The Balaban J connectivity index is 3.41. The number of carbonyl (C=O) groups is 1. The number of hydrogen-bond acceptors (Lipinski definition) is 3. The van der Waals surface area contributed by atoms with Gasteiger partial charge < -0.3 is 9.47 Å². The lowest BCUT2D eigenvalue weighted by Crippen LogP contribution is -2.10. The Labute approximate surface area is 98.1 Å². The molecule has 3 nitrogen and oxygen atoms in total. The lowest BCUT2D eigenvalue weighted by Gasteiger charge is -2.09. The summed E-state index contributed by atoms with van der Waals surface area (Å²) in [6.07, 6.45) is 4.35. The molecule has 0 amide bonds. The van der Waals surface area contributed by atoms with Crippen LogP contribution >= 0.6 is 0 Å². The van der Waals surface area contributed by atoms with Crippen molar-refractivity contribution in [1.29, 1.82) is 0 Å². The van der Waals surface area contributed by atoms with Crippen molar-refractivity contribution in [3.05, 3.63) is 24.5 Å². The summed E-state index contributed by atoms with van der Waals surface area (Å²) >= 11 is 0. The van der Waals surface area contributed by atoms with Crippen LogP contribution in [0.1, 0.15) is 39.5 Å². The van der Waals surface area contributed by atoms with Crippen LogP contribution in [-0.2, 0) is 14.3 Å². The highest BCUT2D eigenvalue weighted by molar-refractivity contribution is 5.86. The van der Waals surface area contributed by atoms with Crippen molar-refractivity contribution in [2.24, 2.45) is 0 Å². The molecule has 0 spiro atoms. The molecule has 0 heterocycles. The normalized spacial score (nSPS) is 9.62. The van der Waals surface area contributed by atoms with Crippen molar-refractivity contribution >= 4 is 5.97 Å². The molecule has 0 aliphatic rings. The van der Waals surface area contributed by atoms with Gasteiger partial charge in [-0.2, -0.15) is 0 Å². The molecule has 0 aromatic heterocycles. The summed E-state index contributed by atoms with van der Waals surface area (Å²) in [5.41, 5.74) is 0.404. The van der Waals surface area contributed by atoms with Crippen LogP contribution in [0.5, 0.6) is 0 Å². The van der Waals surface area contributed by atoms with E-state index in [1.54, 1.807) is 6.92 Å². The third-order valence-electron chi connectivity index (χ3n) is 2.03. The summed E-state index contributed by atoms with van der Waals surface area (Å²) in [6, 6.07) is 0. The molecular formula is C13H22O3. The molecule has 16 heavy (non-hydrogen) atoms. The van der Waals surface area contributed by atoms with Gasteiger partial charge in [0.25, 0.3) is 0 Å². The van der Waals surface area contributed by atoms with Crippen molar-refractivity contribution in [3.63, 3.8) is 0 Å². The van der Waals surface area contributed by atoms with Crippen LogP contribution in [0.25, 0.3) is 0 Å². The summed E-state index contributed by atoms with van der Waals surface area (Å²) < 4.78 is 10.2. The molecule has 0 unspecified atom stereocenters. The molecule has 0 radical (unpaired) electrons. The molecule has 0 aliphatic carbocycles. The van der Waals surface area contributed by atoms with E-state index in [1.807, 2.05) is 0 Å². The van der Waals surface area contributed by atoms with Crippen LogP contribution in [-0.4, -0.2) is 19.2 Å². The smallest absolute Gasteiger partial charge is 0.333 e. The van der Waals surface area contributed by atoms with Gasteiger partial charge in [-0.1, -0.05) is 32.9 Å². The third-order valence-corrected chi connectivity index (χ3v) is 2.03. The lowest BCUT2D eigenvalue weighted by atomic mass is 10.2. The van der Waals surface area contributed by atoms with E-state index in [-0.39, 0.29) is 12.6 Å². The van der Waals surface area contributed by atoms with Crippen LogP contribution < -0.4 is 0 Å². The monoisotopic (exact) mass is 226 g/mol. The summed E-state index contributed by atoms with van der Waals surface area (Å²) in [7, 11) is 0. The minimum Gasteiger partial charge on any atom is -0.495 e. The first-order valence-electron chi connectivity index (χ1n) is 5.71. The molecule has 0 N–H and O–H groups in total. The lowest BCUT2D eigenvalue weighted by molar-refractivity contribution is -0.140. The highest BCUT2D eigenvalue weighted by Crippen LogP contribution is 2.07. The molecule has 0 aliphatic heterocycles. The number of esters is 1. The van der Waals surface area contributed by atoms with E-state index < -0.39 is 0 Å². The van der Waals surface area contributed by atoms with Crippen molar-refractivity contribution in [3.8, 4) is 0 Å². The van der Waals surface area contributed by atoms with Crippen molar-refractivity contribution in [2.75, 3.05) is 13.2 Å². The van der Waals surface area contributed by atoms with E-state index >= 15 is 0 Å². The molecule has 3 heteroatoms. The van der Waals surface area contributed by atoms with E-state index in [0.29, 0.717) is 12.2 Å². The molecule has 0 rings (SSSR count). The maximum absolute atomic E-state index is 11.0. The molecule has 0 atom stereocenters. The largest absolute Gasteiger partial charge is 0.495 e. The first-order valence-corrected chi connectivity index (χ1v) is 5.71. The Hall–Kier alpha value is -1.25. The van der Waals surface area contributed by atoms with Gasteiger partial charge in [-0.25, -0.2) is 4.79 Å². The van der Waals surface area contributed by atoms with Gasteiger partial charge in [0.2, 0.25) is 0 Å². The zero-order chi connectivity index (χ0) is 12.4. The molecule has 0 saturated heterocycles. The van der Waals surface area contributed by atoms with Gasteiger partial charge in [-0.05, 0) is 13.3 Å². The average Bonchev–Trinajstić information content (AvgIpc) is 2.24. The first kappa shape index (κ1) is 14.8. The SMILES string of the molecule is C=C(CCCCC)OCCOC(=O)C(=C)C. The zero-order valence-electron chi connectivity index (χ0n) is 10.4. The van der Waals surface area contributed by atoms with E-state index in [0.717, 1.165) is 18.6 Å². The summed E-state index contributed by atoms with van der Waals surface area (Å²) in [5.74, 6) is 0.389. The van der Waals surface area contributed by atoms with Crippen LogP contribution in [0.15, 0.2) is 24.5 Å². The number of rotatable bonds is 9. The second-order valence-corrected chi connectivity index (χ2v) is 3.76. The van der Waals surface area contributed by atoms with Crippen LogP contribution in [0.3, 0.4) is 0 Å². The van der Waals surface area contributed by atoms with E-state index in [9.17, 15) is 4.79 Å². The summed E-state index contributed by atoms with van der Waals surface area (Å²) in [5, 5.41) is 0. The molecule has 0 saturated carbocycles. The molecule has 92 valence electrons. The Kier molecular flexibility index (Phi) is 8.31. The van der Waals surface area contributed by atoms with E-state index in [2.05, 4.69) is 20.1 Å². The second-order valence-electron chi connectivity index (χ2n) is 3.76. The standard InChI is InChI=1S/C13H22O3/c1-5-6-7-8-12(4)15-9-10-16-13(14)11(2)3/h2,4-10H2,1,3H3. The fourth-order valence-corrected chi connectivity index (χ4v) is 1.09. The maximum atomic E-state index is 11.0. The van der Waals surface area contributed by atoms with Gasteiger partial charge >= 0.3 is 5.97 Å². The van der Waals surface area contributed by atoms with Gasteiger partial charge in [0.1, 0.15) is 13.2 Å². The number of hydrogen-bond donors (Lipinski definition) is 0. The minimum atomic E-state index is -0.375. The highest BCUT2D eigenvalue weighted by Gasteiger charge is 2.02. The molecule has 0 bridgehead atoms. The fraction of sp³-hybridized carbons (Fsp3) is 0.615. The van der Waals surface area contributed by atoms with Crippen LogP contribution in [0.2, 0.25) is 0 Å². The van der Waals surface area contributed by atoms with Crippen molar-refractivity contribution in [1.82, 2.24) is 0 Å². The van der Waals surface area contributed by atoms with E-state index in [4.69, 9.17) is 9.47 Å². The average molecular weight is 226 g/mol. The number of carbonyl (C=O) groups excluding carboxylic acids is 1. The topological polar surface area (TPSA) is 35.5 Å². The Bertz CT molecular complexity index is 244. The Morgan fingerprint density at radius 2 is 1.75 bits per heavy atom. The minimum absolute atomic E-state index is 0.249. The summed E-state index contributed by atoms with van der Waals surface area (Å²) in [4.78, 5) is 11.0. The van der Waals surface area contributed by atoms with Gasteiger partial charge in [-0.3, -0.25) is 0 Å². The number of ether oxygens (including phenoxy) is 2. The third kappa shape index (κ3) is 8.09. The fourth-order valence-electron chi connectivity index (χ4n) is 1.09. The Morgan fingerprint density at radius 1 is 1.12 bits per heavy atom. The summed E-state index contributed by atoms with van der Waals surface area (Å²) in [6.45, 7) is 11.7. The molecule has 0 aromatic rings. The van der Waals surface area contributed by atoms with Crippen molar-refractivity contribution in [2.45, 2.75) is 39.5 Å². The van der Waals surface area contributed by atoms with Crippen molar-refractivity contribution < 1.29 is 14.3 Å². The van der Waals surface area contributed by atoms with E-state index in [1.165, 1.54) is 12.8 Å². The zero-order valence-corrected chi connectivity index (χ0v) is 10.4. The van der Waals surface area contributed by atoms with Crippen LogP contribution in [0, 0.1) is 0 Å².